The van der Waals surface area contributed by atoms with Gasteiger partial charge in [0.05, 0.1) is 0 Å². The van der Waals surface area contributed by atoms with E-state index >= 15 is 0 Å². The number of hydrogen-bond acceptors (Lipinski definition) is 4. The molecule has 0 radical (unpaired) electrons. The molecule has 2 rings (SSSR count). The molecule has 0 amide bonds. The van der Waals surface area contributed by atoms with E-state index in [9.17, 15) is 0 Å². The molecule has 0 aliphatic rings. The van der Waals surface area contributed by atoms with E-state index in [4.69, 9.17) is 11.6 Å². The summed E-state index contributed by atoms with van der Waals surface area (Å²) in [5.41, 5.74) is 0. The molecule has 17 heavy (non-hydrogen) atoms. The van der Waals surface area contributed by atoms with Crippen LogP contribution in [0, 0.1) is 5.92 Å². The normalized spacial score (nSPS) is 14.8. The Morgan fingerprint density at radius 1 is 1.47 bits per heavy atom. The fourth-order valence-corrected chi connectivity index (χ4v) is 1.79. The molecule has 2 atom stereocenters. The predicted octanol–water partition coefficient (Wildman–Crippen LogP) is 2.62. The lowest BCUT2D eigenvalue weighted by atomic mass is 10.0. The van der Waals surface area contributed by atoms with Gasteiger partial charge < -0.3 is 5.32 Å². The molecule has 0 aliphatic heterocycles. The first-order valence-electron chi connectivity index (χ1n) is 5.74. The van der Waals surface area contributed by atoms with Gasteiger partial charge in [-0.1, -0.05) is 31.9 Å². The van der Waals surface area contributed by atoms with E-state index in [0.717, 1.165) is 12.2 Å². The number of halogens is 1. The summed E-state index contributed by atoms with van der Waals surface area (Å²) in [7, 11) is 0. The number of anilines is 1. The van der Waals surface area contributed by atoms with E-state index in [1.807, 2.05) is 0 Å². The number of nitrogens with one attached hydrogen (secondary N) is 1. The van der Waals surface area contributed by atoms with Crippen molar-refractivity contribution in [3.05, 3.63) is 17.5 Å². The molecular weight excluding hydrogens is 238 g/mol. The molecule has 5 nitrogen and oxygen atoms in total. The molecule has 2 aromatic rings. The minimum atomic E-state index is 0.339. The zero-order chi connectivity index (χ0) is 12.4. The average Bonchev–Trinajstić information content (AvgIpc) is 2.75. The predicted molar refractivity (Wildman–Crippen MR) is 68.3 cm³/mol. The molecule has 0 bridgehead atoms. The highest BCUT2D eigenvalue weighted by atomic mass is 35.5. The van der Waals surface area contributed by atoms with E-state index in [0.29, 0.717) is 22.9 Å². The zero-order valence-electron chi connectivity index (χ0n) is 10.2. The first-order chi connectivity index (χ1) is 8.11. The Bertz CT molecular complexity index is 510. The summed E-state index contributed by atoms with van der Waals surface area (Å²) in [6.07, 6.45) is 2.59. The third kappa shape index (κ3) is 2.49. The van der Waals surface area contributed by atoms with Gasteiger partial charge in [0.1, 0.15) is 17.3 Å². The largest absolute Gasteiger partial charge is 0.367 e. The molecule has 2 heterocycles. The maximum Gasteiger partial charge on any atom is 0.255 e. The Hall–Kier alpha value is -1.36. The van der Waals surface area contributed by atoms with Crippen LogP contribution >= 0.6 is 11.6 Å². The van der Waals surface area contributed by atoms with Crippen LogP contribution in [0.4, 0.5) is 5.82 Å². The number of nitrogens with zero attached hydrogens (tertiary/aromatic N) is 4. The van der Waals surface area contributed by atoms with E-state index < -0.39 is 0 Å². The molecule has 0 aliphatic carbocycles. The maximum atomic E-state index is 5.95. The van der Waals surface area contributed by atoms with Gasteiger partial charge in [0.25, 0.3) is 5.78 Å². The van der Waals surface area contributed by atoms with Crippen LogP contribution in [0.25, 0.3) is 5.78 Å². The summed E-state index contributed by atoms with van der Waals surface area (Å²) in [6, 6.07) is 2.10. The molecule has 2 unspecified atom stereocenters. The lowest BCUT2D eigenvalue weighted by molar-refractivity contribution is 0.492. The number of aromatic nitrogens is 4. The van der Waals surface area contributed by atoms with Crippen molar-refractivity contribution in [1.29, 1.82) is 0 Å². The fourth-order valence-electron chi connectivity index (χ4n) is 1.62. The summed E-state index contributed by atoms with van der Waals surface area (Å²) in [4.78, 5) is 8.11. The Kier molecular flexibility index (Phi) is 3.47. The van der Waals surface area contributed by atoms with Crippen molar-refractivity contribution in [1.82, 2.24) is 19.6 Å². The minimum absolute atomic E-state index is 0.339. The molecular formula is C11H16ClN5. The molecule has 0 spiro atoms. The molecule has 0 fully saturated rings. The fraction of sp³-hybridized carbons (Fsp3) is 0.545. The zero-order valence-corrected chi connectivity index (χ0v) is 10.9. The lowest BCUT2D eigenvalue weighted by Crippen LogP contribution is -2.24. The SMILES string of the molecule is CCC(C)C(C)Nc1cc(Cl)nc2ncnn12. The summed E-state index contributed by atoms with van der Waals surface area (Å²) < 4.78 is 1.66. The molecule has 0 aromatic carbocycles. The van der Waals surface area contributed by atoms with Crippen molar-refractivity contribution in [2.45, 2.75) is 33.2 Å². The smallest absolute Gasteiger partial charge is 0.255 e. The van der Waals surface area contributed by atoms with Crippen LogP contribution in [0.1, 0.15) is 27.2 Å². The molecule has 6 heteroatoms. The Balaban J connectivity index is 2.31. The van der Waals surface area contributed by atoms with E-state index in [-0.39, 0.29) is 0 Å². The summed E-state index contributed by atoms with van der Waals surface area (Å²) >= 11 is 5.95. The first kappa shape index (κ1) is 12.1. The maximum absolute atomic E-state index is 5.95. The lowest BCUT2D eigenvalue weighted by Gasteiger charge is -2.21. The molecule has 1 N–H and O–H groups in total. The monoisotopic (exact) mass is 253 g/mol. The van der Waals surface area contributed by atoms with Crippen LogP contribution in [0.5, 0.6) is 0 Å². The highest BCUT2D eigenvalue weighted by molar-refractivity contribution is 6.29. The summed E-state index contributed by atoms with van der Waals surface area (Å²) in [6.45, 7) is 6.53. The van der Waals surface area contributed by atoms with Gasteiger partial charge in [0.2, 0.25) is 0 Å². The second-order valence-electron chi connectivity index (χ2n) is 4.25. The van der Waals surface area contributed by atoms with E-state index in [2.05, 4.69) is 41.2 Å². The standard InChI is InChI=1S/C11H16ClN5/c1-4-7(2)8(3)15-10-5-9(12)16-11-13-6-14-17(10)11/h5-8,15H,4H2,1-3H3. The van der Waals surface area contributed by atoms with Crippen LogP contribution in [0.3, 0.4) is 0 Å². The van der Waals surface area contributed by atoms with Gasteiger partial charge in [0.15, 0.2) is 0 Å². The highest BCUT2D eigenvalue weighted by Gasteiger charge is 2.13. The summed E-state index contributed by atoms with van der Waals surface area (Å²) in [5, 5.41) is 7.94. The van der Waals surface area contributed by atoms with Crippen molar-refractivity contribution in [3.63, 3.8) is 0 Å². The quantitative estimate of drug-likeness (QED) is 0.851. The molecule has 0 saturated heterocycles. The molecule has 2 aromatic heterocycles. The summed E-state index contributed by atoms with van der Waals surface area (Å²) in [5.74, 6) is 1.90. The van der Waals surface area contributed by atoms with Gasteiger partial charge in [-0.3, -0.25) is 0 Å². The van der Waals surface area contributed by atoms with Crippen molar-refractivity contribution >= 4 is 23.2 Å². The number of hydrogen-bond donors (Lipinski definition) is 1. The van der Waals surface area contributed by atoms with Gasteiger partial charge >= 0.3 is 0 Å². The average molecular weight is 254 g/mol. The van der Waals surface area contributed by atoms with Crippen molar-refractivity contribution in [3.8, 4) is 0 Å². The third-order valence-corrected chi connectivity index (χ3v) is 3.29. The van der Waals surface area contributed by atoms with Crippen LogP contribution in [-0.2, 0) is 0 Å². The van der Waals surface area contributed by atoms with Gasteiger partial charge in [-0.05, 0) is 12.8 Å². The minimum Gasteiger partial charge on any atom is -0.367 e. The Morgan fingerprint density at radius 3 is 2.94 bits per heavy atom. The van der Waals surface area contributed by atoms with E-state index in [1.165, 1.54) is 6.33 Å². The van der Waals surface area contributed by atoms with Crippen molar-refractivity contribution < 1.29 is 0 Å². The third-order valence-electron chi connectivity index (χ3n) is 3.09. The second kappa shape index (κ2) is 4.87. The molecule has 92 valence electrons. The van der Waals surface area contributed by atoms with Crippen LogP contribution < -0.4 is 5.32 Å². The topological polar surface area (TPSA) is 55.1 Å². The number of rotatable bonds is 4. The molecule has 0 saturated carbocycles. The van der Waals surface area contributed by atoms with Crippen molar-refractivity contribution in [2.24, 2.45) is 5.92 Å². The van der Waals surface area contributed by atoms with Crippen LogP contribution in [0.15, 0.2) is 12.4 Å². The van der Waals surface area contributed by atoms with Crippen molar-refractivity contribution in [2.75, 3.05) is 5.32 Å². The Labute approximate surface area is 105 Å². The first-order valence-corrected chi connectivity index (χ1v) is 6.12. The van der Waals surface area contributed by atoms with Crippen LogP contribution in [0.2, 0.25) is 5.15 Å². The van der Waals surface area contributed by atoms with Gasteiger partial charge in [-0.2, -0.15) is 19.6 Å². The Morgan fingerprint density at radius 2 is 2.24 bits per heavy atom. The van der Waals surface area contributed by atoms with Crippen LogP contribution in [-0.4, -0.2) is 25.6 Å². The number of fused-ring (bicyclic) bond motifs is 1. The van der Waals surface area contributed by atoms with Gasteiger partial charge in [-0.25, -0.2) is 0 Å². The van der Waals surface area contributed by atoms with Gasteiger partial charge in [-0.15, -0.1) is 0 Å². The second-order valence-corrected chi connectivity index (χ2v) is 4.64. The van der Waals surface area contributed by atoms with E-state index in [1.54, 1.807) is 10.6 Å². The highest BCUT2D eigenvalue weighted by Crippen LogP contribution is 2.18. The van der Waals surface area contributed by atoms with Gasteiger partial charge in [0, 0.05) is 12.1 Å².